The zero-order chi connectivity index (χ0) is 16.9. The molecule has 1 aliphatic heterocycles. The Morgan fingerprint density at radius 3 is 2.67 bits per heavy atom. The van der Waals surface area contributed by atoms with Gasteiger partial charge in [0.15, 0.2) is 0 Å². The maximum absolute atomic E-state index is 12.0. The molecule has 24 heavy (non-hydrogen) atoms. The Kier molecular flexibility index (Phi) is 5.30. The number of piperidine rings is 1. The first-order chi connectivity index (χ1) is 11.6. The number of imidazole rings is 1. The lowest BCUT2D eigenvalue weighted by atomic mass is 10.0. The lowest BCUT2D eigenvalue weighted by Gasteiger charge is -2.33. The molecular weight excluding hydrogens is 300 g/mol. The topological polar surface area (TPSA) is 61.0 Å². The van der Waals surface area contributed by atoms with Crippen molar-refractivity contribution >= 4 is 5.91 Å². The van der Waals surface area contributed by atoms with Gasteiger partial charge in [0.2, 0.25) is 5.91 Å². The van der Waals surface area contributed by atoms with Gasteiger partial charge in [-0.25, -0.2) is 4.98 Å². The van der Waals surface area contributed by atoms with E-state index in [9.17, 15) is 4.79 Å². The number of likely N-dealkylation sites (tertiary alicyclic amines) is 1. The summed E-state index contributed by atoms with van der Waals surface area (Å²) in [4.78, 5) is 21.8. The fourth-order valence-electron chi connectivity index (χ4n) is 3.13. The number of aromatic amines is 1. The van der Waals surface area contributed by atoms with Crippen molar-refractivity contribution < 1.29 is 4.79 Å². The first-order valence-electron chi connectivity index (χ1n) is 8.75. The summed E-state index contributed by atoms with van der Waals surface area (Å²) < 4.78 is 0. The van der Waals surface area contributed by atoms with Crippen LogP contribution in [0.2, 0.25) is 0 Å². The number of H-pyrrole nitrogens is 1. The summed E-state index contributed by atoms with van der Waals surface area (Å²) in [5.41, 5.74) is 2.20. The first-order valence-corrected chi connectivity index (χ1v) is 8.75. The summed E-state index contributed by atoms with van der Waals surface area (Å²) in [6.07, 6.45) is 3.89. The number of rotatable bonds is 5. The minimum atomic E-state index is 0.0917. The summed E-state index contributed by atoms with van der Waals surface area (Å²) in [5.74, 6) is 1.32. The molecule has 1 aliphatic rings. The molecule has 2 aromatic rings. The van der Waals surface area contributed by atoms with Crippen LogP contribution in [-0.2, 0) is 11.3 Å². The number of hydrogen-bond donors (Lipinski definition) is 2. The fourth-order valence-corrected chi connectivity index (χ4v) is 3.13. The average Bonchev–Trinajstić information content (AvgIpc) is 3.09. The molecule has 0 saturated carbocycles. The number of benzene rings is 1. The van der Waals surface area contributed by atoms with Crippen molar-refractivity contribution in [3.8, 4) is 11.3 Å². The van der Waals surface area contributed by atoms with Crippen LogP contribution in [0.3, 0.4) is 0 Å². The molecule has 0 atom stereocenters. The molecule has 0 radical (unpaired) electrons. The van der Waals surface area contributed by atoms with E-state index < -0.39 is 0 Å². The minimum absolute atomic E-state index is 0.0917. The molecule has 2 N–H and O–H groups in total. The van der Waals surface area contributed by atoms with Gasteiger partial charge in [-0.3, -0.25) is 4.79 Å². The Labute approximate surface area is 143 Å². The van der Waals surface area contributed by atoms with Crippen LogP contribution in [0.15, 0.2) is 36.5 Å². The standard InChI is InChI=1S/C19H26N4O/c1-14(2)19(24)23-10-8-16(9-11-23)20-13-18-21-12-17(22-18)15-6-4-3-5-7-15/h3-7,12,14,16,20H,8-11,13H2,1-2H3,(H,21,22). The number of carbonyl (C=O) groups excluding carboxylic acids is 1. The lowest BCUT2D eigenvalue weighted by Crippen LogP contribution is -2.46. The van der Waals surface area contributed by atoms with Gasteiger partial charge in [-0.15, -0.1) is 0 Å². The molecule has 3 rings (SSSR count). The van der Waals surface area contributed by atoms with E-state index in [0.29, 0.717) is 6.04 Å². The van der Waals surface area contributed by atoms with Crippen molar-refractivity contribution in [3.63, 3.8) is 0 Å². The van der Waals surface area contributed by atoms with Gasteiger partial charge in [-0.05, 0) is 18.4 Å². The summed E-state index contributed by atoms with van der Waals surface area (Å²) in [5, 5.41) is 3.56. The van der Waals surface area contributed by atoms with Crippen LogP contribution in [0.1, 0.15) is 32.5 Å². The molecule has 0 spiro atoms. The number of nitrogens with zero attached hydrogens (tertiary/aromatic N) is 2. The molecule has 1 amide bonds. The zero-order valence-electron chi connectivity index (χ0n) is 14.5. The predicted octanol–water partition coefficient (Wildman–Crippen LogP) is 2.81. The third-order valence-electron chi connectivity index (χ3n) is 4.57. The van der Waals surface area contributed by atoms with E-state index in [1.807, 2.05) is 43.1 Å². The molecule has 0 unspecified atom stereocenters. The monoisotopic (exact) mass is 326 g/mol. The van der Waals surface area contributed by atoms with Gasteiger partial charge in [0, 0.05) is 25.0 Å². The molecule has 1 aromatic carbocycles. The quantitative estimate of drug-likeness (QED) is 0.888. The minimum Gasteiger partial charge on any atom is -0.342 e. The van der Waals surface area contributed by atoms with Crippen molar-refractivity contribution in [2.24, 2.45) is 5.92 Å². The summed E-state index contributed by atoms with van der Waals surface area (Å²) in [7, 11) is 0. The van der Waals surface area contributed by atoms with Crippen molar-refractivity contribution in [1.29, 1.82) is 0 Å². The van der Waals surface area contributed by atoms with E-state index >= 15 is 0 Å². The molecule has 1 aromatic heterocycles. The average molecular weight is 326 g/mol. The highest BCUT2D eigenvalue weighted by Crippen LogP contribution is 2.17. The van der Waals surface area contributed by atoms with Gasteiger partial charge >= 0.3 is 0 Å². The van der Waals surface area contributed by atoms with Gasteiger partial charge in [-0.2, -0.15) is 0 Å². The molecule has 1 saturated heterocycles. The second kappa shape index (κ2) is 7.62. The van der Waals surface area contributed by atoms with E-state index in [-0.39, 0.29) is 11.8 Å². The SMILES string of the molecule is CC(C)C(=O)N1CCC(NCc2ncc(-c3ccccc3)[nH]2)CC1. The number of amides is 1. The van der Waals surface area contributed by atoms with Gasteiger partial charge in [0.1, 0.15) is 5.82 Å². The molecule has 128 valence electrons. The Hall–Kier alpha value is -2.14. The number of hydrogen-bond acceptors (Lipinski definition) is 3. The van der Waals surface area contributed by atoms with Crippen LogP contribution >= 0.6 is 0 Å². The maximum Gasteiger partial charge on any atom is 0.225 e. The van der Waals surface area contributed by atoms with Gasteiger partial charge in [0.05, 0.1) is 18.4 Å². The normalized spacial score (nSPS) is 15.9. The van der Waals surface area contributed by atoms with E-state index in [4.69, 9.17) is 0 Å². The van der Waals surface area contributed by atoms with E-state index in [2.05, 4.69) is 27.4 Å². The Bertz CT molecular complexity index is 657. The van der Waals surface area contributed by atoms with Crippen LogP contribution in [-0.4, -0.2) is 39.9 Å². The Balaban J connectivity index is 1.48. The highest BCUT2D eigenvalue weighted by Gasteiger charge is 2.23. The lowest BCUT2D eigenvalue weighted by molar-refractivity contribution is -0.135. The van der Waals surface area contributed by atoms with E-state index in [1.165, 1.54) is 0 Å². The fraction of sp³-hybridized carbons (Fsp3) is 0.474. The van der Waals surface area contributed by atoms with Gasteiger partial charge in [-0.1, -0.05) is 44.2 Å². The van der Waals surface area contributed by atoms with E-state index in [0.717, 1.165) is 49.6 Å². The molecule has 5 nitrogen and oxygen atoms in total. The summed E-state index contributed by atoms with van der Waals surface area (Å²) in [6, 6.07) is 10.7. The van der Waals surface area contributed by atoms with E-state index in [1.54, 1.807) is 0 Å². The van der Waals surface area contributed by atoms with Crippen molar-refractivity contribution in [1.82, 2.24) is 20.2 Å². The summed E-state index contributed by atoms with van der Waals surface area (Å²) >= 11 is 0. The Morgan fingerprint density at radius 1 is 1.29 bits per heavy atom. The number of nitrogens with one attached hydrogen (secondary N) is 2. The number of aromatic nitrogens is 2. The van der Waals surface area contributed by atoms with Crippen LogP contribution in [0, 0.1) is 5.92 Å². The third kappa shape index (κ3) is 4.03. The van der Waals surface area contributed by atoms with Crippen molar-refractivity contribution in [2.75, 3.05) is 13.1 Å². The van der Waals surface area contributed by atoms with Crippen LogP contribution in [0.5, 0.6) is 0 Å². The smallest absolute Gasteiger partial charge is 0.225 e. The van der Waals surface area contributed by atoms with Crippen LogP contribution in [0.25, 0.3) is 11.3 Å². The highest BCUT2D eigenvalue weighted by molar-refractivity contribution is 5.78. The van der Waals surface area contributed by atoms with Crippen molar-refractivity contribution in [2.45, 2.75) is 39.3 Å². The molecule has 1 fully saturated rings. The molecule has 2 heterocycles. The molecule has 0 aliphatic carbocycles. The number of carbonyl (C=O) groups is 1. The van der Waals surface area contributed by atoms with Crippen molar-refractivity contribution in [3.05, 3.63) is 42.4 Å². The zero-order valence-corrected chi connectivity index (χ0v) is 14.5. The van der Waals surface area contributed by atoms with Gasteiger partial charge in [0.25, 0.3) is 0 Å². The second-order valence-electron chi connectivity index (χ2n) is 6.74. The predicted molar refractivity (Wildman–Crippen MR) is 95.3 cm³/mol. The maximum atomic E-state index is 12.0. The molecule has 0 bridgehead atoms. The highest BCUT2D eigenvalue weighted by atomic mass is 16.2. The first kappa shape index (κ1) is 16.7. The van der Waals surface area contributed by atoms with Crippen LogP contribution in [0.4, 0.5) is 0 Å². The third-order valence-corrected chi connectivity index (χ3v) is 4.57. The largest absolute Gasteiger partial charge is 0.342 e. The molecule has 5 heteroatoms. The summed E-state index contributed by atoms with van der Waals surface area (Å²) in [6.45, 7) is 6.36. The van der Waals surface area contributed by atoms with Crippen LogP contribution < -0.4 is 5.32 Å². The second-order valence-corrected chi connectivity index (χ2v) is 6.74. The Morgan fingerprint density at radius 2 is 2.00 bits per heavy atom. The van der Waals surface area contributed by atoms with Gasteiger partial charge < -0.3 is 15.2 Å². The molecular formula is C19H26N4O.